The highest BCUT2D eigenvalue weighted by Crippen LogP contribution is 2.20. The van der Waals surface area contributed by atoms with Crippen LogP contribution in [0.4, 0.5) is 0 Å². The lowest BCUT2D eigenvalue weighted by molar-refractivity contribution is -0.150. The minimum atomic E-state index is -0.372. The van der Waals surface area contributed by atoms with Crippen molar-refractivity contribution in [2.24, 2.45) is 5.92 Å². The zero-order valence-corrected chi connectivity index (χ0v) is 10.9. The molecule has 0 spiro atoms. The van der Waals surface area contributed by atoms with Gasteiger partial charge in [0.25, 0.3) is 0 Å². The van der Waals surface area contributed by atoms with Crippen LogP contribution in [0.5, 0.6) is 0 Å². The maximum atomic E-state index is 12.2. The third kappa shape index (κ3) is 2.68. The van der Waals surface area contributed by atoms with Gasteiger partial charge in [-0.15, -0.1) is 6.58 Å². The quantitative estimate of drug-likeness (QED) is 0.734. The standard InChI is InChI=1S/C13H22N2O2/c1-5-8-15-11(9(4)6-2)12(16)14-10(7-3)13(15)17/h5,9-11H,1,6-8H2,2-4H3,(H,14,16). The molecule has 1 N–H and O–H groups in total. The Morgan fingerprint density at radius 2 is 2.12 bits per heavy atom. The van der Waals surface area contributed by atoms with Crippen LogP contribution >= 0.6 is 0 Å². The number of nitrogens with zero attached hydrogens (tertiary/aromatic N) is 1. The van der Waals surface area contributed by atoms with Crippen LogP contribution in [0.15, 0.2) is 12.7 Å². The van der Waals surface area contributed by atoms with Crippen molar-refractivity contribution in [1.82, 2.24) is 10.2 Å². The van der Waals surface area contributed by atoms with Crippen molar-refractivity contribution in [3.05, 3.63) is 12.7 Å². The van der Waals surface area contributed by atoms with E-state index in [9.17, 15) is 9.59 Å². The predicted molar refractivity (Wildman–Crippen MR) is 67.4 cm³/mol. The van der Waals surface area contributed by atoms with Gasteiger partial charge in [-0.3, -0.25) is 9.59 Å². The summed E-state index contributed by atoms with van der Waals surface area (Å²) in [5.74, 6) is 0.140. The Kier molecular flexibility index (Phi) is 4.73. The Labute approximate surface area is 103 Å². The van der Waals surface area contributed by atoms with Gasteiger partial charge in [0.1, 0.15) is 12.1 Å². The first-order valence-corrected chi connectivity index (χ1v) is 6.28. The van der Waals surface area contributed by atoms with Gasteiger partial charge >= 0.3 is 0 Å². The van der Waals surface area contributed by atoms with Crippen LogP contribution in [0.2, 0.25) is 0 Å². The normalized spacial score (nSPS) is 26.6. The molecule has 17 heavy (non-hydrogen) atoms. The molecule has 1 fully saturated rings. The first-order valence-electron chi connectivity index (χ1n) is 6.28. The molecule has 4 nitrogen and oxygen atoms in total. The van der Waals surface area contributed by atoms with Crippen LogP contribution < -0.4 is 5.32 Å². The van der Waals surface area contributed by atoms with E-state index in [2.05, 4.69) is 11.9 Å². The van der Waals surface area contributed by atoms with E-state index in [1.165, 1.54) is 0 Å². The van der Waals surface area contributed by atoms with Crippen LogP contribution in [0.3, 0.4) is 0 Å². The highest BCUT2D eigenvalue weighted by Gasteiger charge is 2.41. The Balaban J connectivity index is 2.97. The van der Waals surface area contributed by atoms with Crippen LogP contribution in [-0.2, 0) is 9.59 Å². The van der Waals surface area contributed by atoms with E-state index < -0.39 is 0 Å². The summed E-state index contributed by atoms with van der Waals surface area (Å²) in [6.07, 6.45) is 3.18. The lowest BCUT2D eigenvalue weighted by atomic mass is 9.93. The number of amides is 2. The lowest BCUT2D eigenvalue weighted by Gasteiger charge is -2.40. The molecule has 1 rings (SSSR count). The SMILES string of the molecule is C=CCN1C(=O)C(CC)NC(=O)C1C(C)CC. The molecule has 0 radical (unpaired) electrons. The molecule has 0 bridgehead atoms. The monoisotopic (exact) mass is 238 g/mol. The van der Waals surface area contributed by atoms with Crippen molar-refractivity contribution in [3.8, 4) is 0 Å². The summed E-state index contributed by atoms with van der Waals surface area (Å²) < 4.78 is 0. The molecule has 2 amide bonds. The van der Waals surface area contributed by atoms with Gasteiger partial charge in [-0.2, -0.15) is 0 Å². The second-order valence-corrected chi connectivity index (χ2v) is 4.58. The van der Waals surface area contributed by atoms with Gasteiger partial charge in [0.15, 0.2) is 0 Å². The molecule has 3 atom stereocenters. The second-order valence-electron chi connectivity index (χ2n) is 4.58. The Morgan fingerprint density at radius 3 is 2.59 bits per heavy atom. The molecule has 0 aromatic rings. The van der Waals surface area contributed by atoms with E-state index in [1.54, 1.807) is 11.0 Å². The third-order valence-electron chi connectivity index (χ3n) is 3.42. The highest BCUT2D eigenvalue weighted by molar-refractivity contribution is 5.97. The lowest BCUT2D eigenvalue weighted by Crippen LogP contribution is -2.64. The van der Waals surface area contributed by atoms with Crippen molar-refractivity contribution < 1.29 is 9.59 Å². The van der Waals surface area contributed by atoms with Gasteiger partial charge in [0.2, 0.25) is 11.8 Å². The van der Waals surface area contributed by atoms with E-state index in [1.807, 2.05) is 20.8 Å². The summed E-state index contributed by atoms with van der Waals surface area (Å²) in [4.78, 5) is 25.9. The van der Waals surface area contributed by atoms with Gasteiger partial charge in [0, 0.05) is 6.54 Å². The molecule has 4 heteroatoms. The van der Waals surface area contributed by atoms with E-state index >= 15 is 0 Å². The Bertz CT molecular complexity index is 315. The van der Waals surface area contributed by atoms with Gasteiger partial charge in [-0.05, 0) is 12.3 Å². The van der Waals surface area contributed by atoms with Crippen molar-refractivity contribution in [2.45, 2.75) is 45.7 Å². The molecule has 1 aliphatic rings. The minimum Gasteiger partial charge on any atom is -0.343 e. The molecule has 1 saturated heterocycles. The van der Waals surface area contributed by atoms with Crippen molar-refractivity contribution in [3.63, 3.8) is 0 Å². The van der Waals surface area contributed by atoms with Crippen molar-refractivity contribution in [1.29, 1.82) is 0 Å². The second kappa shape index (κ2) is 5.84. The molecule has 3 unspecified atom stereocenters. The number of rotatable bonds is 5. The number of hydrogen-bond donors (Lipinski definition) is 1. The topological polar surface area (TPSA) is 49.4 Å². The maximum Gasteiger partial charge on any atom is 0.246 e. The zero-order valence-electron chi connectivity index (χ0n) is 10.9. The number of carbonyl (C=O) groups excluding carboxylic acids is 2. The smallest absolute Gasteiger partial charge is 0.246 e. The summed E-state index contributed by atoms with van der Waals surface area (Å²) in [7, 11) is 0. The van der Waals surface area contributed by atoms with Crippen LogP contribution in [0.1, 0.15) is 33.6 Å². The first-order chi connectivity index (χ1) is 8.06. The molecular weight excluding hydrogens is 216 g/mol. The molecule has 0 aromatic heterocycles. The van der Waals surface area contributed by atoms with E-state index in [-0.39, 0.29) is 29.8 Å². The fraction of sp³-hybridized carbons (Fsp3) is 0.692. The fourth-order valence-corrected chi connectivity index (χ4v) is 2.21. The molecule has 0 aromatic carbocycles. The molecule has 1 heterocycles. The number of carbonyl (C=O) groups is 2. The summed E-state index contributed by atoms with van der Waals surface area (Å²) in [5.41, 5.74) is 0. The van der Waals surface area contributed by atoms with E-state index in [0.29, 0.717) is 13.0 Å². The Hall–Kier alpha value is -1.32. The highest BCUT2D eigenvalue weighted by atomic mass is 16.2. The van der Waals surface area contributed by atoms with Gasteiger partial charge < -0.3 is 10.2 Å². The number of hydrogen-bond acceptors (Lipinski definition) is 2. The zero-order chi connectivity index (χ0) is 13.0. The Morgan fingerprint density at radius 1 is 1.47 bits per heavy atom. The van der Waals surface area contributed by atoms with Gasteiger partial charge in [-0.1, -0.05) is 33.3 Å². The van der Waals surface area contributed by atoms with Crippen LogP contribution in [-0.4, -0.2) is 35.3 Å². The third-order valence-corrected chi connectivity index (χ3v) is 3.42. The summed E-state index contributed by atoms with van der Waals surface area (Å²) in [6, 6.07) is -0.726. The summed E-state index contributed by atoms with van der Waals surface area (Å²) in [5, 5.41) is 2.81. The average molecular weight is 238 g/mol. The van der Waals surface area contributed by atoms with Crippen LogP contribution in [0, 0.1) is 5.92 Å². The first kappa shape index (κ1) is 13.7. The van der Waals surface area contributed by atoms with Crippen molar-refractivity contribution in [2.75, 3.05) is 6.54 Å². The summed E-state index contributed by atoms with van der Waals surface area (Å²) >= 11 is 0. The predicted octanol–water partition coefficient (Wildman–Crippen LogP) is 1.32. The summed E-state index contributed by atoms with van der Waals surface area (Å²) in [6.45, 7) is 10.0. The van der Waals surface area contributed by atoms with E-state index in [0.717, 1.165) is 6.42 Å². The minimum absolute atomic E-state index is 0.0114. The molecule has 0 saturated carbocycles. The van der Waals surface area contributed by atoms with Crippen molar-refractivity contribution >= 4 is 11.8 Å². The number of piperazine rings is 1. The molecule has 96 valence electrons. The van der Waals surface area contributed by atoms with Gasteiger partial charge in [-0.25, -0.2) is 0 Å². The number of nitrogens with one attached hydrogen (secondary N) is 1. The maximum absolute atomic E-state index is 12.2. The largest absolute Gasteiger partial charge is 0.343 e. The van der Waals surface area contributed by atoms with Crippen LogP contribution in [0.25, 0.3) is 0 Å². The van der Waals surface area contributed by atoms with Gasteiger partial charge in [0.05, 0.1) is 0 Å². The molecule has 0 aliphatic carbocycles. The molecular formula is C13H22N2O2. The fourth-order valence-electron chi connectivity index (χ4n) is 2.21. The average Bonchev–Trinajstić information content (AvgIpc) is 2.33. The van der Waals surface area contributed by atoms with E-state index in [4.69, 9.17) is 0 Å². The molecule has 1 aliphatic heterocycles.